The zero-order valence-electron chi connectivity index (χ0n) is 27.7. The summed E-state index contributed by atoms with van der Waals surface area (Å²) in [5.74, 6) is 1.19. The third kappa shape index (κ3) is 9.89. The van der Waals surface area contributed by atoms with Gasteiger partial charge in [-0.25, -0.2) is 24.4 Å². The minimum atomic E-state index is -1.01. The van der Waals surface area contributed by atoms with Crippen molar-refractivity contribution in [2.75, 3.05) is 62.2 Å². The first-order valence-corrected chi connectivity index (χ1v) is 16.2. The molecule has 13 heteroatoms. The normalized spacial score (nSPS) is 14.5. The fourth-order valence-electron chi connectivity index (χ4n) is 5.49. The lowest BCUT2D eigenvalue weighted by molar-refractivity contribution is 0.0696. The molecule has 3 aromatic heterocycles. The number of carboxylic acid groups (broad SMARTS) is 2. The van der Waals surface area contributed by atoms with Crippen LogP contribution in [0.25, 0.3) is 0 Å². The topological polar surface area (TPSA) is 153 Å². The second kappa shape index (κ2) is 16.4. The van der Waals surface area contributed by atoms with E-state index in [1.165, 1.54) is 22.7 Å². The fourth-order valence-corrected chi connectivity index (χ4v) is 5.49. The maximum absolute atomic E-state index is 12.5. The minimum absolute atomic E-state index is 0.142. The van der Waals surface area contributed by atoms with Gasteiger partial charge in [0.15, 0.2) is 0 Å². The average Bonchev–Trinajstić information content (AvgIpc) is 3.12. The largest absolute Gasteiger partial charge is 0.478 e. The SMILES string of the molecule is Cc1ccc(N2CCN(C(=O)Oc3ccc(CCc4cccc(C)n4)cc3)CC2)nc1.O=C(O)c1ccc(N2CCN(C(=O)O)CC2)nc1. The number of amides is 2. The van der Waals surface area contributed by atoms with Gasteiger partial charge in [-0.15, -0.1) is 0 Å². The van der Waals surface area contributed by atoms with Gasteiger partial charge in [0.25, 0.3) is 0 Å². The van der Waals surface area contributed by atoms with E-state index < -0.39 is 12.1 Å². The highest BCUT2D eigenvalue weighted by Crippen LogP contribution is 2.18. The summed E-state index contributed by atoms with van der Waals surface area (Å²) in [6.45, 7) is 8.75. The summed E-state index contributed by atoms with van der Waals surface area (Å²) >= 11 is 0. The van der Waals surface area contributed by atoms with Crippen LogP contribution in [-0.4, -0.2) is 105 Å². The number of carboxylic acids is 1. The molecule has 0 atom stereocenters. The lowest BCUT2D eigenvalue weighted by atomic mass is 10.1. The van der Waals surface area contributed by atoms with Gasteiger partial charge in [-0.1, -0.05) is 24.3 Å². The molecule has 13 nitrogen and oxygen atoms in total. The van der Waals surface area contributed by atoms with Gasteiger partial charge in [-0.3, -0.25) is 4.98 Å². The fraction of sp³-hybridized carbons (Fsp3) is 0.333. The molecule has 0 radical (unpaired) electrons. The van der Waals surface area contributed by atoms with E-state index in [1.807, 2.05) is 67.4 Å². The molecule has 1 aromatic carbocycles. The summed E-state index contributed by atoms with van der Waals surface area (Å²) < 4.78 is 5.58. The van der Waals surface area contributed by atoms with Crippen LogP contribution in [0.4, 0.5) is 21.2 Å². The van der Waals surface area contributed by atoms with Gasteiger partial charge in [-0.05, 0) is 80.3 Å². The van der Waals surface area contributed by atoms with E-state index in [1.54, 1.807) is 11.0 Å². The number of aryl methyl sites for hydroxylation is 4. The first-order chi connectivity index (χ1) is 23.6. The van der Waals surface area contributed by atoms with Gasteiger partial charge in [0.2, 0.25) is 0 Å². The molecule has 0 saturated carbocycles. The van der Waals surface area contributed by atoms with Crippen LogP contribution in [0, 0.1) is 13.8 Å². The predicted octanol–water partition coefficient (Wildman–Crippen LogP) is 4.78. The molecule has 2 fully saturated rings. The smallest absolute Gasteiger partial charge is 0.415 e. The molecule has 2 N–H and O–H groups in total. The number of pyridine rings is 3. The Morgan fingerprint density at radius 3 is 1.84 bits per heavy atom. The number of rotatable bonds is 7. The summed E-state index contributed by atoms with van der Waals surface area (Å²) in [5, 5.41) is 17.6. The Hall–Kier alpha value is -5.72. The zero-order chi connectivity index (χ0) is 34.8. The zero-order valence-corrected chi connectivity index (χ0v) is 27.7. The Morgan fingerprint density at radius 1 is 0.694 bits per heavy atom. The Kier molecular flexibility index (Phi) is 11.6. The third-order valence-electron chi connectivity index (χ3n) is 8.37. The van der Waals surface area contributed by atoms with E-state index in [0.29, 0.717) is 50.8 Å². The van der Waals surface area contributed by atoms with E-state index in [4.69, 9.17) is 14.9 Å². The number of carbonyl (C=O) groups is 3. The molecule has 0 unspecified atom stereocenters. The molecule has 49 heavy (non-hydrogen) atoms. The number of nitrogens with zero attached hydrogens (tertiary/aromatic N) is 7. The van der Waals surface area contributed by atoms with Crippen LogP contribution in [0.3, 0.4) is 0 Å². The molecule has 2 aliphatic heterocycles. The van der Waals surface area contributed by atoms with Crippen molar-refractivity contribution in [3.05, 3.63) is 107 Å². The number of benzene rings is 1. The molecular weight excluding hydrogens is 626 g/mol. The van der Waals surface area contributed by atoms with Crippen molar-refractivity contribution in [2.24, 2.45) is 0 Å². The van der Waals surface area contributed by atoms with E-state index in [9.17, 15) is 14.4 Å². The van der Waals surface area contributed by atoms with Crippen molar-refractivity contribution in [2.45, 2.75) is 26.7 Å². The van der Waals surface area contributed by atoms with Crippen molar-refractivity contribution < 1.29 is 29.3 Å². The second-order valence-corrected chi connectivity index (χ2v) is 11.9. The van der Waals surface area contributed by atoms with Crippen LogP contribution in [0.1, 0.15) is 32.9 Å². The second-order valence-electron chi connectivity index (χ2n) is 11.9. The monoisotopic (exact) mass is 667 g/mol. The van der Waals surface area contributed by atoms with Crippen molar-refractivity contribution >= 4 is 29.8 Å². The molecule has 0 spiro atoms. The lowest BCUT2D eigenvalue weighted by Crippen LogP contribution is -2.49. The molecule has 4 aromatic rings. The maximum Gasteiger partial charge on any atom is 0.415 e. The van der Waals surface area contributed by atoms with E-state index in [-0.39, 0.29) is 11.7 Å². The number of piperazine rings is 2. The van der Waals surface area contributed by atoms with E-state index >= 15 is 0 Å². The van der Waals surface area contributed by atoms with Crippen LogP contribution in [0.2, 0.25) is 0 Å². The quantitative estimate of drug-likeness (QED) is 0.280. The van der Waals surface area contributed by atoms with Gasteiger partial charge in [0.05, 0.1) is 5.56 Å². The highest BCUT2D eigenvalue weighted by atomic mass is 16.6. The highest BCUT2D eigenvalue weighted by Gasteiger charge is 2.24. The summed E-state index contributed by atoms with van der Waals surface area (Å²) in [6, 6.07) is 21.1. The highest BCUT2D eigenvalue weighted by molar-refractivity contribution is 5.87. The Labute approximate surface area is 285 Å². The van der Waals surface area contributed by atoms with E-state index in [0.717, 1.165) is 48.7 Å². The summed E-state index contributed by atoms with van der Waals surface area (Å²) in [7, 11) is 0. The number of hydrogen-bond acceptors (Lipinski definition) is 9. The van der Waals surface area contributed by atoms with Gasteiger partial charge in [0.1, 0.15) is 17.4 Å². The standard InChI is InChI=1S/C25H28N4O2.C11H13N3O4/c1-19-6-13-24(26-18-19)28-14-16-29(17-15-28)25(30)31-23-11-8-21(9-12-23)7-10-22-5-3-4-20(2)27-22;15-10(16)8-1-2-9(12-7-8)13-3-5-14(6-4-13)11(17)18/h3-6,8-9,11-13,18H,7,10,14-17H2,1-2H3;1-2,7H,3-6H2,(H,15,16)(H,17,18). The average molecular weight is 668 g/mol. The predicted molar refractivity (Wildman–Crippen MR) is 185 cm³/mol. The maximum atomic E-state index is 12.5. The number of aromatic carboxylic acids is 1. The van der Waals surface area contributed by atoms with Crippen LogP contribution in [0.5, 0.6) is 5.75 Å². The van der Waals surface area contributed by atoms with Crippen LogP contribution < -0.4 is 14.5 Å². The number of anilines is 2. The molecule has 2 saturated heterocycles. The minimum Gasteiger partial charge on any atom is -0.478 e. The van der Waals surface area contributed by atoms with Crippen molar-refractivity contribution in [3.63, 3.8) is 0 Å². The first kappa shape index (κ1) is 34.6. The van der Waals surface area contributed by atoms with Crippen LogP contribution in [0.15, 0.2) is 79.1 Å². The van der Waals surface area contributed by atoms with Gasteiger partial charge in [0, 0.05) is 76.1 Å². The van der Waals surface area contributed by atoms with Gasteiger partial charge in [-0.2, -0.15) is 0 Å². The molecule has 256 valence electrons. The Bertz CT molecular complexity index is 1700. The number of aromatic nitrogens is 3. The number of ether oxygens (including phenoxy) is 1. The molecule has 5 heterocycles. The Morgan fingerprint density at radius 2 is 1.31 bits per heavy atom. The van der Waals surface area contributed by atoms with Crippen molar-refractivity contribution in [1.82, 2.24) is 24.8 Å². The van der Waals surface area contributed by atoms with Crippen LogP contribution >= 0.6 is 0 Å². The third-order valence-corrected chi connectivity index (χ3v) is 8.37. The molecule has 0 aliphatic carbocycles. The summed E-state index contributed by atoms with van der Waals surface area (Å²) in [5.41, 5.74) is 4.61. The van der Waals surface area contributed by atoms with Crippen LogP contribution in [-0.2, 0) is 12.8 Å². The van der Waals surface area contributed by atoms with E-state index in [2.05, 4.69) is 32.0 Å². The number of hydrogen-bond donors (Lipinski definition) is 2. The molecule has 6 rings (SSSR count). The Balaban J connectivity index is 0.000000221. The number of carbonyl (C=O) groups excluding carboxylic acids is 1. The summed E-state index contributed by atoms with van der Waals surface area (Å²) in [6.07, 6.45) is 3.76. The summed E-state index contributed by atoms with van der Waals surface area (Å²) in [4.78, 5) is 54.3. The lowest BCUT2D eigenvalue weighted by Gasteiger charge is -2.34. The van der Waals surface area contributed by atoms with Crippen molar-refractivity contribution in [3.8, 4) is 5.75 Å². The molecule has 0 bridgehead atoms. The molecule has 2 aliphatic rings. The van der Waals surface area contributed by atoms with Crippen molar-refractivity contribution in [1.29, 1.82) is 0 Å². The molecule has 2 amide bonds. The van der Waals surface area contributed by atoms with Gasteiger partial charge >= 0.3 is 18.2 Å². The molecular formula is C36H41N7O6. The first-order valence-electron chi connectivity index (χ1n) is 16.2. The van der Waals surface area contributed by atoms with Gasteiger partial charge < -0.3 is 34.5 Å².